The lowest BCUT2D eigenvalue weighted by Gasteiger charge is -2.27. The number of carbonyl (C=O) groups is 1. The molecule has 1 aliphatic carbocycles. The van der Waals surface area contributed by atoms with Crippen molar-refractivity contribution in [2.45, 2.75) is 36.7 Å². The van der Waals surface area contributed by atoms with Crippen LogP contribution in [0.3, 0.4) is 0 Å². The van der Waals surface area contributed by atoms with E-state index in [-0.39, 0.29) is 29.9 Å². The number of hydrogen-bond acceptors (Lipinski definition) is 5. The predicted octanol–water partition coefficient (Wildman–Crippen LogP) is 2.79. The van der Waals surface area contributed by atoms with Crippen molar-refractivity contribution in [3.63, 3.8) is 0 Å². The Kier molecular flexibility index (Phi) is 7.11. The Hall–Kier alpha value is -2.75. The molecule has 0 bridgehead atoms. The van der Waals surface area contributed by atoms with Crippen LogP contribution >= 0.6 is 0 Å². The number of amides is 1. The minimum absolute atomic E-state index is 0.117. The van der Waals surface area contributed by atoms with Crippen molar-refractivity contribution in [2.24, 2.45) is 7.05 Å². The molecular formula is C24H30N4O4S. The maximum atomic E-state index is 13.7. The fourth-order valence-electron chi connectivity index (χ4n) is 3.98. The van der Waals surface area contributed by atoms with Gasteiger partial charge in [0.2, 0.25) is 15.9 Å². The molecule has 0 spiro atoms. The highest BCUT2D eigenvalue weighted by Crippen LogP contribution is 2.30. The summed E-state index contributed by atoms with van der Waals surface area (Å²) in [7, 11) is -0.429. The van der Waals surface area contributed by atoms with E-state index in [0.717, 1.165) is 23.9 Å². The summed E-state index contributed by atoms with van der Waals surface area (Å²) in [6.07, 6.45) is 5.90. The van der Waals surface area contributed by atoms with Crippen molar-refractivity contribution in [1.82, 2.24) is 18.8 Å². The lowest BCUT2D eigenvalue weighted by molar-refractivity contribution is -0.132. The Morgan fingerprint density at radius 1 is 1.18 bits per heavy atom. The molecule has 0 unspecified atom stereocenters. The summed E-state index contributed by atoms with van der Waals surface area (Å²) >= 11 is 0. The van der Waals surface area contributed by atoms with Crippen molar-refractivity contribution >= 4 is 26.8 Å². The smallest absolute Gasteiger partial charge is 0.245 e. The van der Waals surface area contributed by atoms with E-state index in [1.54, 1.807) is 31.5 Å². The van der Waals surface area contributed by atoms with Gasteiger partial charge in [-0.2, -0.15) is 4.31 Å². The van der Waals surface area contributed by atoms with Crippen molar-refractivity contribution in [3.05, 3.63) is 60.6 Å². The van der Waals surface area contributed by atoms with Gasteiger partial charge in [0.15, 0.2) is 0 Å². The number of benzene rings is 1. The average molecular weight is 471 g/mol. The summed E-state index contributed by atoms with van der Waals surface area (Å²) in [6, 6.07) is 12.8. The highest BCUT2D eigenvalue weighted by Gasteiger charge is 2.36. The first-order chi connectivity index (χ1) is 15.9. The molecule has 3 aromatic rings. The summed E-state index contributed by atoms with van der Waals surface area (Å²) in [4.78, 5) is 19.7. The number of sulfonamides is 1. The van der Waals surface area contributed by atoms with Gasteiger partial charge in [-0.1, -0.05) is 18.2 Å². The molecule has 0 radical (unpaired) electrons. The van der Waals surface area contributed by atoms with Crippen LogP contribution in [-0.2, 0) is 33.1 Å². The number of carbonyl (C=O) groups excluding carboxylic acids is 1. The SMILES string of the molecule is COCCCN(CC(=O)N(Cc1cccn1C)C1CC1)S(=O)(=O)c1cccc2cccnc12. The van der Waals surface area contributed by atoms with Gasteiger partial charge in [-0.15, -0.1) is 0 Å². The molecule has 0 N–H and O–H groups in total. The highest BCUT2D eigenvalue weighted by atomic mass is 32.2. The number of fused-ring (bicyclic) bond motifs is 1. The Balaban J connectivity index is 1.62. The van der Waals surface area contributed by atoms with Crippen LogP contribution in [0.2, 0.25) is 0 Å². The third-order valence-electron chi connectivity index (χ3n) is 5.97. The number of para-hydroxylation sites is 1. The summed E-state index contributed by atoms with van der Waals surface area (Å²) in [6.45, 7) is 0.850. The molecule has 0 aliphatic heterocycles. The zero-order chi connectivity index (χ0) is 23.4. The third-order valence-corrected chi connectivity index (χ3v) is 7.85. The Morgan fingerprint density at radius 3 is 2.67 bits per heavy atom. The van der Waals surface area contributed by atoms with Gasteiger partial charge in [-0.05, 0) is 43.5 Å². The summed E-state index contributed by atoms with van der Waals surface area (Å²) in [5.74, 6) is -0.187. The highest BCUT2D eigenvalue weighted by molar-refractivity contribution is 7.89. The molecule has 1 saturated carbocycles. The molecule has 2 heterocycles. The zero-order valence-electron chi connectivity index (χ0n) is 19.1. The van der Waals surface area contributed by atoms with Gasteiger partial charge in [0, 0.05) is 56.8 Å². The van der Waals surface area contributed by atoms with E-state index in [0.29, 0.717) is 25.1 Å². The first kappa shape index (κ1) is 23.4. The van der Waals surface area contributed by atoms with Crippen LogP contribution in [0.5, 0.6) is 0 Å². The van der Waals surface area contributed by atoms with E-state index in [1.165, 1.54) is 4.31 Å². The molecule has 1 aliphatic rings. The first-order valence-corrected chi connectivity index (χ1v) is 12.6. The topological polar surface area (TPSA) is 84.7 Å². The minimum Gasteiger partial charge on any atom is -0.385 e. The van der Waals surface area contributed by atoms with Gasteiger partial charge in [0.25, 0.3) is 0 Å². The van der Waals surface area contributed by atoms with Crippen LogP contribution in [0.1, 0.15) is 25.0 Å². The number of nitrogens with zero attached hydrogens (tertiary/aromatic N) is 4. The molecule has 2 aromatic heterocycles. The quantitative estimate of drug-likeness (QED) is 0.403. The molecule has 0 saturated heterocycles. The number of aromatic nitrogens is 2. The van der Waals surface area contributed by atoms with E-state index < -0.39 is 10.0 Å². The molecule has 1 amide bonds. The molecule has 1 aromatic carbocycles. The number of pyridine rings is 1. The van der Waals surface area contributed by atoms with Crippen molar-refractivity contribution in [3.8, 4) is 0 Å². The Bertz CT molecular complexity index is 1210. The van der Waals surface area contributed by atoms with Crippen LogP contribution in [0.4, 0.5) is 0 Å². The van der Waals surface area contributed by atoms with Gasteiger partial charge in [0.05, 0.1) is 18.6 Å². The Morgan fingerprint density at radius 2 is 1.97 bits per heavy atom. The second kappa shape index (κ2) is 10.0. The lowest BCUT2D eigenvalue weighted by atomic mass is 10.2. The molecule has 4 rings (SSSR count). The third kappa shape index (κ3) is 5.26. The van der Waals surface area contributed by atoms with Gasteiger partial charge < -0.3 is 14.2 Å². The van der Waals surface area contributed by atoms with Crippen LogP contribution < -0.4 is 0 Å². The molecule has 8 nitrogen and oxygen atoms in total. The number of rotatable bonds is 11. The van der Waals surface area contributed by atoms with Gasteiger partial charge in [-0.3, -0.25) is 9.78 Å². The van der Waals surface area contributed by atoms with E-state index >= 15 is 0 Å². The second-order valence-corrected chi connectivity index (χ2v) is 10.3. The van der Waals surface area contributed by atoms with Gasteiger partial charge in [0.1, 0.15) is 4.90 Å². The monoisotopic (exact) mass is 470 g/mol. The maximum Gasteiger partial charge on any atom is 0.245 e. The fourth-order valence-corrected chi connectivity index (χ4v) is 5.57. The fraction of sp³-hybridized carbons (Fsp3) is 0.417. The van der Waals surface area contributed by atoms with Crippen LogP contribution in [0.15, 0.2) is 59.8 Å². The standard InChI is InChI=1S/C24H30N4O4S/c1-26-14-5-9-21(26)17-28(20-11-12-20)23(29)18-27(15-6-16-32-2)33(30,31)22-10-3-7-19-8-4-13-25-24(19)22/h3-5,7-10,13-14,20H,6,11-12,15-18H2,1-2H3. The predicted molar refractivity (Wildman–Crippen MR) is 126 cm³/mol. The molecule has 33 heavy (non-hydrogen) atoms. The second-order valence-electron chi connectivity index (χ2n) is 8.38. The van der Waals surface area contributed by atoms with Crippen LogP contribution in [-0.4, -0.2) is 65.9 Å². The number of aryl methyl sites for hydroxylation is 1. The van der Waals surface area contributed by atoms with E-state index in [1.807, 2.05) is 47.0 Å². The van der Waals surface area contributed by atoms with Crippen molar-refractivity contribution in [2.75, 3.05) is 26.8 Å². The molecule has 9 heteroatoms. The average Bonchev–Trinajstić information content (AvgIpc) is 3.57. The summed E-state index contributed by atoms with van der Waals surface area (Å²) in [5, 5.41) is 0.741. The van der Waals surface area contributed by atoms with Gasteiger partial charge in [-0.25, -0.2) is 8.42 Å². The summed E-state index contributed by atoms with van der Waals surface area (Å²) < 4.78 is 35.8. The van der Waals surface area contributed by atoms with E-state index in [4.69, 9.17) is 4.74 Å². The van der Waals surface area contributed by atoms with E-state index in [9.17, 15) is 13.2 Å². The molecule has 176 valence electrons. The molecule has 1 fully saturated rings. The summed E-state index contributed by atoms with van der Waals surface area (Å²) in [5.41, 5.74) is 1.43. The largest absolute Gasteiger partial charge is 0.385 e. The van der Waals surface area contributed by atoms with E-state index in [2.05, 4.69) is 4.98 Å². The Labute approximate surface area is 194 Å². The molecule has 0 atom stereocenters. The van der Waals surface area contributed by atoms with Gasteiger partial charge >= 0.3 is 0 Å². The number of methoxy groups -OCH3 is 1. The van der Waals surface area contributed by atoms with Crippen LogP contribution in [0, 0.1) is 0 Å². The first-order valence-electron chi connectivity index (χ1n) is 11.1. The molecular weight excluding hydrogens is 440 g/mol. The lowest BCUT2D eigenvalue weighted by Crippen LogP contribution is -2.44. The zero-order valence-corrected chi connectivity index (χ0v) is 19.9. The minimum atomic E-state index is -3.95. The normalized spacial score (nSPS) is 14.2. The van der Waals surface area contributed by atoms with Crippen molar-refractivity contribution < 1.29 is 17.9 Å². The number of hydrogen-bond donors (Lipinski definition) is 0. The van der Waals surface area contributed by atoms with Crippen LogP contribution in [0.25, 0.3) is 10.9 Å². The number of ether oxygens (including phenoxy) is 1. The van der Waals surface area contributed by atoms with Crippen molar-refractivity contribution in [1.29, 1.82) is 0 Å². The maximum absolute atomic E-state index is 13.7.